The lowest BCUT2D eigenvalue weighted by atomic mass is 10.1. The maximum atomic E-state index is 12.2. The quantitative estimate of drug-likeness (QED) is 0.0397. The summed E-state index contributed by atoms with van der Waals surface area (Å²) in [6.45, 7) is 3.55. The van der Waals surface area contributed by atoms with Crippen LogP contribution in [0.5, 0.6) is 0 Å². The molecule has 0 fully saturated rings. The first kappa shape index (κ1) is 43.8. The molecule has 6 aromatic rings. The molecule has 2 aromatic heterocycles. The van der Waals surface area contributed by atoms with Gasteiger partial charge < -0.3 is 28.7 Å². The number of benzene rings is 4. The molecule has 0 aliphatic rings. The maximum absolute atomic E-state index is 12.2. The second-order valence-electron chi connectivity index (χ2n) is 14.0. The Morgan fingerprint density at radius 1 is 0.534 bits per heavy atom. The van der Waals surface area contributed by atoms with Gasteiger partial charge in [0, 0.05) is 46.0 Å². The molecule has 0 saturated heterocycles. The Morgan fingerprint density at radius 3 is 1.40 bits per heavy atom. The molecule has 11 nitrogen and oxygen atoms in total. The van der Waals surface area contributed by atoms with Crippen LogP contribution in [0.4, 0.5) is 0 Å². The van der Waals surface area contributed by atoms with Crippen molar-refractivity contribution in [3.05, 3.63) is 140 Å². The average Bonchev–Trinajstić information content (AvgIpc) is 3.92. The van der Waals surface area contributed by atoms with E-state index < -0.39 is 8.25 Å². The highest BCUT2D eigenvalue weighted by atomic mass is 79.9. The third-order valence-corrected chi connectivity index (χ3v) is 11.7. The molecule has 0 atom stereocenters. The largest absolute Gasteiger partial charge is 0.339 e. The van der Waals surface area contributed by atoms with Crippen molar-refractivity contribution in [1.82, 2.24) is 30.9 Å². The fraction of sp³-hybridized carbons (Fsp3) is 0.364. The fourth-order valence-corrected chi connectivity index (χ4v) is 8.26. The van der Waals surface area contributed by atoms with Gasteiger partial charge in [0.05, 0.1) is 13.2 Å². The van der Waals surface area contributed by atoms with Crippen LogP contribution in [0.25, 0.3) is 22.8 Å². The maximum Gasteiger partial charge on any atom is 0.319 e. The Labute approximate surface area is 358 Å². The number of hydrogen-bond acceptors (Lipinski definition) is 11. The van der Waals surface area contributed by atoms with Gasteiger partial charge in [0.1, 0.15) is 0 Å². The van der Waals surface area contributed by atoms with Crippen LogP contribution in [-0.4, -0.2) is 46.6 Å². The van der Waals surface area contributed by atoms with E-state index in [2.05, 4.69) is 136 Å². The summed E-state index contributed by atoms with van der Waals surface area (Å²) in [5.41, 5.74) is 6.73. The number of unbranched alkanes of at least 4 members (excludes halogenated alkanes) is 2. The molecule has 58 heavy (non-hydrogen) atoms. The molecule has 0 unspecified atom stereocenters. The van der Waals surface area contributed by atoms with Gasteiger partial charge >= 0.3 is 8.25 Å². The summed E-state index contributed by atoms with van der Waals surface area (Å²) in [6, 6.07) is 33.3. The van der Waals surface area contributed by atoms with E-state index in [4.69, 9.17) is 18.1 Å². The molecule has 0 amide bonds. The minimum absolute atomic E-state index is 0.364. The fourth-order valence-electron chi connectivity index (χ4n) is 6.34. The van der Waals surface area contributed by atoms with Gasteiger partial charge in [-0.2, -0.15) is 9.97 Å². The smallest absolute Gasteiger partial charge is 0.319 e. The van der Waals surface area contributed by atoms with Gasteiger partial charge in [-0.3, -0.25) is 4.57 Å². The first-order chi connectivity index (χ1) is 28.5. The van der Waals surface area contributed by atoms with Crippen LogP contribution >= 0.6 is 40.1 Å². The van der Waals surface area contributed by atoms with E-state index in [1.165, 1.54) is 11.1 Å². The monoisotopic (exact) mass is 932 g/mol. The van der Waals surface area contributed by atoms with Gasteiger partial charge in [-0.05, 0) is 111 Å². The first-order valence-corrected chi connectivity index (χ1v) is 22.8. The van der Waals surface area contributed by atoms with Gasteiger partial charge in [0.25, 0.3) is 0 Å². The van der Waals surface area contributed by atoms with E-state index in [9.17, 15) is 4.57 Å². The molecule has 0 spiro atoms. The molecule has 0 radical (unpaired) electrons. The molecule has 0 aliphatic carbocycles. The van der Waals surface area contributed by atoms with Gasteiger partial charge in [0.15, 0.2) is 0 Å². The summed E-state index contributed by atoms with van der Waals surface area (Å²) >= 11 is 7.35. The number of hydrogen-bond donors (Lipinski definition) is 2. The lowest BCUT2D eigenvalue weighted by Gasteiger charge is -2.09. The molecule has 0 saturated carbocycles. The molecule has 2 N–H and O–H groups in total. The molecule has 306 valence electrons. The van der Waals surface area contributed by atoms with Crippen molar-refractivity contribution in [2.24, 2.45) is 0 Å². The lowest BCUT2D eigenvalue weighted by molar-refractivity contribution is 0.220. The Bertz CT molecular complexity index is 1990. The van der Waals surface area contributed by atoms with Crippen molar-refractivity contribution in [2.75, 3.05) is 26.3 Å². The van der Waals surface area contributed by atoms with Gasteiger partial charge in [-0.25, -0.2) is 0 Å². The molecular weight excluding hydrogens is 883 g/mol. The lowest BCUT2D eigenvalue weighted by Crippen LogP contribution is -2.16. The molecular formula is C44H51Br2N6O5P. The summed E-state index contributed by atoms with van der Waals surface area (Å²) in [4.78, 5) is 9.23. The Morgan fingerprint density at radius 2 is 0.966 bits per heavy atom. The van der Waals surface area contributed by atoms with Crippen LogP contribution in [-0.2, 0) is 52.4 Å². The van der Waals surface area contributed by atoms with E-state index in [0.717, 1.165) is 108 Å². The van der Waals surface area contributed by atoms with Crippen molar-refractivity contribution in [2.45, 2.75) is 77.3 Å². The highest BCUT2D eigenvalue weighted by Gasteiger charge is 2.14. The van der Waals surface area contributed by atoms with E-state index in [-0.39, 0.29) is 0 Å². The Kier molecular flexibility index (Phi) is 18.3. The topological polar surface area (TPSA) is 137 Å². The van der Waals surface area contributed by atoms with Crippen molar-refractivity contribution < 1.29 is 22.7 Å². The van der Waals surface area contributed by atoms with E-state index >= 15 is 0 Å². The third-order valence-electron chi connectivity index (χ3n) is 9.48. The number of aryl methyl sites for hydroxylation is 4. The molecule has 4 aromatic carbocycles. The Balaban J connectivity index is 0.774. The molecule has 6 rings (SSSR count). The summed E-state index contributed by atoms with van der Waals surface area (Å²) in [7, 11) is -2.53. The van der Waals surface area contributed by atoms with Crippen molar-refractivity contribution in [3.63, 3.8) is 0 Å². The zero-order valence-corrected chi connectivity index (χ0v) is 36.8. The van der Waals surface area contributed by atoms with Crippen molar-refractivity contribution in [3.8, 4) is 22.8 Å². The third kappa shape index (κ3) is 14.8. The van der Waals surface area contributed by atoms with E-state index in [0.29, 0.717) is 49.7 Å². The normalized spacial score (nSPS) is 11.5. The summed E-state index contributed by atoms with van der Waals surface area (Å²) in [5.74, 6) is 2.49. The summed E-state index contributed by atoms with van der Waals surface area (Å²) in [5, 5.41) is 15.2. The van der Waals surface area contributed by atoms with E-state index in [1.807, 2.05) is 24.3 Å². The van der Waals surface area contributed by atoms with Crippen LogP contribution < -0.4 is 10.6 Å². The van der Waals surface area contributed by atoms with Crippen LogP contribution in [0.1, 0.15) is 72.6 Å². The standard InChI is InChI=1S/C44H51Br2N6O5P/c45-39-29-35(21-23-37(39)43-49-41(56-51-43)19-9-7-17-33-13-3-1-4-14-33)31-47-25-11-27-54-58(53)55-28-12-26-48-32-36-22-24-38(40(46)30-36)44-50-42(57-52-44)20-10-8-18-34-15-5-2-6-16-34/h1-6,13-16,21-24,29-30,47-48,58H,7-12,17-20,25-28,31-32H2. The van der Waals surface area contributed by atoms with Crippen LogP contribution in [0.15, 0.2) is 115 Å². The minimum Gasteiger partial charge on any atom is -0.339 e. The molecule has 0 aliphatic heterocycles. The SMILES string of the molecule is O=[PH](OCCCNCc1ccc(-c2noc(CCCCc3ccccc3)n2)c(Br)c1)OCCCNCc1ccc(-c2noc(CCCCc3ccccc3)n2)c(Br)c1. The van der Waals surface area contributed by atoms with Gasteiger partial charge in [-0.15, -0.1) is 0 Å². The van der Waals surface area contributed by atoms with Crippen molar-refractivity contribution in [1.29, 1.82) is 0 Å². The van der Waals surface area contributed by atoms with Crippen LogP contribution in [0.3, 0.4) is 0 Å². The number of nitrogens with zero attached hydrogens (tertiary/aromatic N) is 4. The zero-order valence-electron chi connectivity index (χ0n) is 32.6. The van der Waals surface area contributed by atoms with Crippen molar-refractivity contribution >= 4 is 40.1 Å². The second-order valence-corrected chi connectivity index (χ2v) is 16.8. The number of nitrogens with one attached hydrogen (secondary N) is 2. The second kappa shape index (κ2) is 24.3. The number of aromatic nitrogens is 4. The summed E-state index contributed by atoms with van der Waals surface area (Å²) < 4.78 is 35.9. The van der Waals surface area contributed by atoms with Gasteiger partial charge in [-0.1, -0.05) is 115 Å². The highest BCUT2D eigenvalue weighted by Crippen LogP contribution is 2.29. The van der Waals surface area contributed by atoms with Gasteiger partial charge in [0.2, 0.25) is 23.4 Å². The zero-order chi connectivity index (χ0) is 40.2. The minimum atomic E-state index is -2.53. The molecule has 0 bridgehead atoms. The first-order valence-electron chi connectivity index (χ1n) is 20.0. The van der Waals surface area contributed by atoms with Crippen LogP contribution in [0, 0.1) is 0 Å². The highest BCUT2D eigenvalue weighted by molar-refractivity contribution is 9.11. The predicted octanol–water partition coefficient (Wildman–Crippen LogP) is 10.5. The van der Waals surface area contributed by atoms with E-state index in [1.54, 1.807) is 0 Å². The molecule has 2 heterocycles. The number of halogens is 2. The summed E-state index contributed by atoms with van der Waals surface area (Å²) in [6.07, 6.45) is 9.19. The molecule has 14 heteroatoms. The predicted molar refractivity (Wildman–Crippen MR) is 235 cm³/mol. The van der Waals surface area contributed by atoms with Crippen LogP contribution in [0.2, 0.25) is 0 Å². The average molecular weight is 935 g/mol. The Hall–Kier alpha value is -3.81. The number of rotatable bonds is 26.